The van der Waals surface area contributed by atoms with Gasteiger partial charge >= 0.3 is 0 Å². The van der Waals surface area contributed by atoms with E-state index in [-0.39, 0.29) is 12.1 Å². The van der Waals surface area contributed by atoms with E-state index in [4.69, 9.17) is 12.2 Å². The van der Waals surface area contributed by atoms with E-state index in [9.17, 15) is 8.78 Å². The Bertz CT molecular complexity index is 649. The highest BCUT2D eigenvalue weighted by molar-refractivity contribution is 7.80. The van der Waals surface area contributed by atoms with Crippen molar-refractivity contribution in [1.29, 1.82) is 0 Å². The fourth-order valence-corrected chi connectivity index (χ4v) is 1.90. The number of hydrogen-bond donors (Lipinski definition) is 2. The molecule has 2 aromatic heterocycles. The Morgan fingerprint density at radius 3 is 2.81 bits per heavy atom. The largest absolute Gasteiger partial charge is 0.362 e. The third kappa shape index (κ3) is 4.16. The molecule has 110 valence electrons. The van der Waals surface area contributed by atoms with Crippen LogP contribution in [-0.2, 0) is 6.42 Å². The number of anilines is 1. The highest BCUT2D eigenvalue weighted by Gasteiger charge is 2.09. The molecule has 0 unspecified atom stereocenters. The molecule has 2 rings (SSSR count). The molecule has 0 atom stereocenters. The smallest absolute Gasteiger partial charge is 0.180 e. The average molecular weight is 308 g/mol. The number of nitrogens with one attached hydrogen (secondary N) is 2. The van der Waals surface area contributed by atoms with Crippen LogP contribution in [0.4, 0.5) is 14.6 Å². The maximum atomic E-state index is 13.4. The zero-order valence-corrected chi connectivity index (χ0v) is 12.2. The molecule has 0 bridgehead atoms. The van der Waals surface area contributed by atoms with Gasteiger partial charge in [0.2, 0.25) is 0 Å². The zero-order valence-electron chi connectivity index (χ0n) is 11.4. The number of aromatic nitrogens is 2. The number of pyridine rings is 2. The highest BCUT2D eigenvalue weighted by atomic mass is 32.1. The minimum atomic E-state index is -0.918. The van der Waals surface area contributed by atoms with Gasteiger partial charge in [-0.1, -0.05) is 6.07 Å². The molecular formula is C14H14F2N4S. The quantitative estimate of drug-likeness (QED) is 0.850. The maximum absolute atomic E-state index is 13.4. The van der Waals surface area contributed by atoms with Crippen molar-refractivity contribution >= 4 is 23.1 Å². The predicted molar refractivity (Wildman–Crippen MR) is 81.1 cm³/mol. The monoisotopic (exact) mass is 308 g/mol. The maximum Gasteiger partial charge on any atom is 0.180 e. The summed E-state index contributed by atoms with van der Waals surface area (Å²) in [6, 6.07) is 4.72. The van der Waals surface area contributed by atoms with Crippen LogP contribution in [0.2, 0.25) is 0 Å². The summed E-state index contributed by atoms with van der Waals surface area (Å²) in [5.41, 5.74) is 1.03. The Labute approximate surface area is 126 Å². The van der Waals surface area contributed by atoms with Crippen LogP contribution in [0.15, 0.2) is 30.6 Å². The molecule has 0 aromatic carbocycles. The Balaban J connectivity index is 1.85. The second-order valence-corrected chi connectivity index (χ2v) is 4.76. The van der Waals surface area contributed by atoms with Gasteiger partial charge in [0.15, 0.2) is 16.7 Å². The number of nitrogens with zero attached hydrogens (tertiary/aromatic N) is 2. The molecule has 0 aliphatic heterocycles. The van der Waals surface area contributed by atoms with Gasteiger partial charge < -0.3 is 10.6 Å². The van der Waals surface area contributed by atoms with Gasteiger partial charge in [-0.2, -0.15) is 0 Å². The van der Waals surface area contributed by atoms with Crippen molar-refractivity contribution in [2.45, 2.75) is 13.3 Å². The average Bonchev–Trinajstić information content (AvgIpc) is 2.46. The fourth-order valence-electron chi connectivity index (χ4n) is 1.70. The molecule has 0 saturated heterocycles. The van der Waals surface area contributed by atoms with Gasteiger partial charge in [0, 0.05) is 25.4 Å². The Kier molecular flexibility index (Phi) is 5.10. The van der Waals surface area contributed by atoms with Crippen LogP contribution in [-0.4, -0.2) is 21.6 Å². The van der Waals surface area contributed by atoms with E-state index < -0.39 is 11.6 Å². The number of rotatable bonds is 4. The molecule has 4 nitrogen and oxygen atoms in total. The van der Waals surface area contributed by atoms with Gasteiger partial charge in [-0.15, -0.1) is 0 Å². The molecule has 0 saturated carbocycles. The van der Waals surface area contributed by atoms with Gasteiger partial charge in [0.25, 0.3) is 0 Å². The van der Waals surface area contributed by atoms with Crippen LogP contribution in [0.25, 0.3) is 0 Å². The molecule has 21 heavy (non-hydrogen) atoms. The van der Waals surface area contributed by atoms with Crippen molar-refractivity contribution in [1.82, 2.24) is 15.3 Å². The Morgan fingerprint density at radius 2 is 2.05 bits per heavy atom. The molecule has 0 aliphatic carbocycles. The molecular weight excluding hydrogens is 294 g/mol. The van der Waals surface area contributed by atoms with E-state index in [2.05, 4.69) is 20.6 Å². The van der Waals surface area contributed by atoms with E-state index in [1.807, 2.05) is 19.1 Å². The van der Waals surface area contributed by atoms with E-state index in [1.165, 1.54) is 6.20 Å². The second kappa shape index (κ2) is 7.03. The van der Waals surface area contributed by atoms with Crippen LogP contribution in [0.3, 0.4) is 0 Å². The van der Waals surface area contributed by atoms with Gasteiger partial charge in [-0.25, -0.2) is 13.8 Å². The number of thiocarbonyl (C=S) groups is 1. The third-order valence-corrected chi connectivity index (χ3v) is 3.05. The second-order valence-electron chi connectivity index (χ2n) is 4.35. The molecule has 2 heterocycles. The van der Waals surface area contributed by atoms with Crippen molar-refractivity contribution in [3.05, 3.63) is 53.5 Å². The lowest BCUT2D eigenvalue weighted by Crippen LogP contribution is -2.31. The van der Waals surface area contributed by atoms with E-state index in [0.29, 0.717) is 17.5 Å². The first-order valence-electron chi connectivity index (χ1n) is 6.33. The first kappa shape index (κ1) is 15.2. The standard InChI is InChI=1S/C14H14F2N4S/c1-9-3-2-6-18-13(9)20-14(21)19-8-5-11-12(16)10(15)4-7-17-11/h2-4,6-7H,5,8H2,1H3,(H2,18,19,20,21). The first-order chi connectivity index (χ1) is 10.1. The van der Waals surface area contributed by atoms with Crippen molar-refractivity contribution in [3.8, 4) is 0 Å². The lowest BCUT2D eigenvalue weighted by molar-refractivity contribution is 0.491. The summed E-state index contributed by atoms with van der Waals surface area (Å²) in [4.78, 5) is 7.95. The molecule has 0 radical (unpaired) electrons. The Morgan fingerprint density at radius 1 is 1.24 bits per heavy atom. The lowest BCUT2D eigenvalue weighted by atomic mass is 10.2. The predicted octanol–water partition coefficient (Wildman–Crippen LogP) is 2.59. The van der Waals surface area contributed by atoms with Crippen molar-refractivity contribution in [3.63, 3.8) is 0 Å². The van der Waals surface area contributed by atoms with Crippen molar-refractivity contribution < 1.29 is 8.78 Å². The van der Waals surface area contributed by atoms with Crippen molar-refractivity contribution in [2.75, 3.05) is 11.9 Å². The van der Waals surface area contributed by atoms with Crippen molar-refractivity contribution in [2.24, 2.45) is 0 Å². The number of aryl methyl sites for hydroxylation is 1. The molecule has 0 fully saturated rings. The SMILES string of the molecule is Cc1cccnc1NC(=S)NCCc1nccc(F)c1F. The van der Waals surface area contributed by atoms with Gasteiger partial charge in [0.1, 0.15) is 5.82 Å². The van der Waals surface area contributed by atoms with Crippen LogP contribution >= 0.6 is 12.2 Å². The molecule has 2 N–H and O–H groups in total. The first-order valence-corrected chi connectivity index (χ1v) is 6.74. The zero-order chi connectivity index (χ0) is 15.2. The molecule has 2 aromatic rings. The van der Waals surface area contributed by atoms with Crippen LogP contribution in [0, 0.1) is 18.6 Å². The topological polar surface area (TPSA) is 49.8 Å². The van der Waals surface area contributed by atoms with Gasteiger partial charge in [-0.05, 0) is 36.8 Å². The minimum Gasteiger partial charge on any atom is -0.362 e. The number of halogens is 2. The highest BCUT2D eigenvalue weighted by Crippen LogP contribution is 2.09. The molecule has 7 heteroatoms. The van der Waals surface area contributed by atoms with Gasteiger partial charge in [0.05, 0.1) is 5.69 Å². The van der Waals surface area contributed by atoms with E-state index in [1.54, 1.807) is 6.20 Å². The fraction of sp³-hybridized carbons (Fsp3) is 0.214. The van der Waals surface area contributed by atoms with Crippen LogP contribution < -0.4 is 10.6 Å². The minimum absolute atomic E-state index is 0.0688. The van der Waals surface area contributed by atoms with Gasteiger partial charge in [-0.3, -0.25) is 4.98 Å². The summed E-state index contributed by atoms with van der Waals surface area (Å²) in [7, 11) is 0. The number of hydrogen-bond acceptors (Lipinski definition) is 3. The summed E-state index contributed by atoms with van der Waals surface area (Å²) in [5, 5.41) is 6.22. The summed E-state index contributed by atoms with van der Waals surface area (Å²) in [5.74, 6) is -1.16. The summed E-state index contributed by atoms with van der Waals surface area (Å²) >= 11 is 5.12. The summed E-state index contributed by atoms with van der Waals surface area (Å²) < 4.78 is 26.4. The normalized spacial score (nSPS) is 10.2. The molecule has 0 amide bonds. The van der Waals surface area contributed by atoms with Crippen LogP contribution in [0.5, 0.6) is 0 Å². The third-order valence-electron chi connectivity index (χ3n) is 2.80. The Hall–Kier alpha value is -2.15. The van der Waals surface area contributed by atoms with E-state index >= 15 is 0 Å². The lowest BCUT2D eigenvalue weighted by Gasteiger charge is -2.11. The van der Waals surface area contributed by atoms with E-state index in [0.717, 1.165) is 11.6 Å². The molecule has 0 aliphatic rings. The summed E-state index contributed by atoms with van der Waals surface area (Å²) in [6.07, 6.45) is 3.12. The summed E-state index contributed by atoms with van der Waals surface area (Å²) in [6.45, 7) is 2.25. The van der Waals surface area contributed by atoms with Crippen LogP contribution in [0.1, 0.15) is 11.3 Å². The molecule has 0 spiro atoms.